The number of H-pyrrole nitrogens is 1. The largest absolute Gasteiger partial charge is 0.486 e. The fourth-order valence-electron chi connectivity index (χ4n) is 4.40. The SMILES string of the molecule is CCC1(C)Cc2cc(C(=O)CCc3c(C)cc(C)[nH]c3=O)cc(-c3ccc(C)nc3)c2O1. The molecule has 0 spiro atoms. The van der Waals surface area contributed by atoms with E-state index in [4.69, 9.17) is 4.74 Å². The van der Waals surface area contributed by atoms with Crippen LogP contribution in [0.5, 0.6) is 5.75 Å². The Morgan fingerprint density at radius 2 is 1.97 bits per heavy atom. The molecule has 0 amide bonds. The zero-order valence-electron chi connectivity index (χ0n) is 19.5. The minimum absolute atomic E-state index is 0.0265. The molecule has 1 aliphatic heterocycles. The highest BCUT2D eigenvalue weighted by Gasteiger charge is 2.35. The first-order valence-electron chi connectivity index (χ1n) is 11.2. The lowest BCUT2D eigenvalue weighted by Crippen LogP contribution is -2.28. The van der Waals surface area contributed by atoms with Crippen LogP contribution < -0.4 is 10.3 Å². The van der Waals surface area contributed by atoms with Crippen LogP contribution in [0.1, 0.15) is 65.1 Å². The number of hydrogen-bond donors (Lipinski definition) is 1. The minimum Gasteiger partial charge on any atom is -0.486 e. The summed E-state index contributed by atoms with van der Waals surface area (Å²) in [5.74, 6) is 0.876. The van der Waals surface area contributed by atoms with Crippen LogP contribution in [0, 0.1) is 20.8 Å². The van der Waals surface area contributed by atoms with Crippen molar-refractivity contribution in [3.63, 3.8) is 0 Å². The first kappa shape index (κ1) is 22.0. The molecule has 166 valence electrons. The highest BCUT2D eigenvalue weighted by Crippen LogP contribution is 2.44. The molecule has 0 saturated heterocycles. The van der Waals surface area contributed by atoms with Crippen LogP contribution in [0.3, 0.4) is 0 Å². The number of ketones is 1. The number of ether oxygens (including phenoxy) is 1. The van der Waals surface area contributed by atoms with Crippen molar-refractivity contribution in [1.82, 2.24) is 9.97 Å². The third-order valence-electron chi connectivity index (χ3n) is 6.47. The van der Waals surface area contributed by atoms with Gasteiger partial charge in [-0.3, -0.25) is 14.6 Å². The van der Waals surface area contributed by atoms with Gasteiger partial charge in [0.05, 0.1) is 0 Å². The molecule has 0 radical (unpaired) electrons. The van der Waals surface area contributed by atoms with E-state index in [2.05, 4.69) is 23.8 Å². The molecule has 1 N–H and O–H groups in total. The van der Waals surface area contributed by atoms with Crippen molar-refractivity contribution in [2.75, 3.05) is 0 Å². The van der Waals surface area contributed by atoms with Gasteiger partial charge in [0.25, 0.3) is 5.56 Å². The molecule has 32 heavy (non-hydrogen) atoms. The number of fused-ring (bicyclic) bond motifs is 1. The molecule has 0 saturated carbocycles. The summed E-state index contributed by atoms with van der Waals surface area (Å²) in [6.45, 7) is 9.96. The predicted molar refractivity (Wildman–Crippen MR) is 127 cm³/mol. The maximum Gasteiger partial charge on any atom is 0.251 e. The van der Waals surface area contributed by atoms with Crippen LogP contribution in [-0.4, -0.2) is 21.4 Å². The van der Waals surface area contributed by atoms with Crippen molar-refractivity contribution >= 4 is 5.78 Å². The summed E-state index contributed by atoms with van der Waals surface area (Å²) in [5.41, 5.74) is 6.54. The van der Waals surface area contributed by atoms with Crippen LogP contribution in [0.15, 0.2) is 41.3 Å². The maximum absolute atomic E-state index is 13.2. The van der Waals surface area contributed by atoms with E-state index in [-0.39, 0.29) is 23.4 Å². The highest BCUT2D eigenvalue weighted by atomic mass is 16.5. The third-order valence-corrected chi connectivity index (χ3v) is 6.47. The number of aryl methyl sites for hydroxylation is 3. The van der Waals surface area contributed by atoms with Crippen LogP contribution in [0.2, 0.25) is 0 Å². The van der Waals surface area contributed by atoms with Crippen molar-refractivity contribution in [1.29, 1.82) is 0 Å². The zero-order chi connectivity index (χ0) is 23.0. The molecule has 1 unspecified atom stereocenters. The Labute approximate surface area is 188 Å². The van der Waals surface area contributed by atoms with Gasteiger partial charge >= 0.3 is 0 Å². The van der Waals surface area contributed by atoms with E-state index in [9.17, 15) is 9.59 Å². The smallest absolute Gasteiger partial charge is 0.251 e. The second-order valence-electron chi connectivity index (χ2n) is 9.15. The normalized spacial score (nSPS) is 17.2. The fourth-order valence-corrected chi connectivity index (χ4v) is 4.40. The van der Waals surface area contributed by atoms with Gasteiger partial charge in [0, 0.05) is 52.7 Å². The highest BCUT2D eigenvalue weighted by molar-refractivity contribution is 5.98. The lowest BCUT2D eigenvalue weighted by Gasteiger charge is -2.22. The molecule has 1 aliphatic rings. The molecule has 0 aliphatic carbocycles. The number of pyridine rings is 2. The molecule has 5 heteroatoms. The second-order valence-corrected chi connectivity index (χ2v) is 9.15. The summed E-state index contributed by atoms with van der Waals surface area (Å²) >= 11 is 0. The van der Waals surface area contributed by atoms with Crippen LogP contribution in [0.4, 0.5) is 0 Å². The summed E-state index contributed by atoms with van der Waals surface area (Å²) < 4.78 is 6.38. The van der Waals surface area contributed by atoms with E-state index in [1.165, 1.54) is 0 Å². The van der Waals surface area contributed by atoms with Crippen LogP contribution in [0.25, 0.3) is 11.1 Å². The van der Waals surface area contributed by atoms with E-state index in [0.29, 0.717) is 17.5 Å². The lowest BCUT2D eigenvalue weighted by molar-refractivity contribution is 0.0982. The zero-order valence-corrected chi connectivity index (χ0v) is 19.5. The van der Waals surface area contributed by atoms with Gasteiger partial charge in [-0.05, 0) is 75.9 Å². The van der Waals surface area contributed by atoms with E-state index >= 15 is 0 Å². The van der Waals surface area contributed by atoms with Gasteiger partial charge < -0.3 is 9.72 Å². The molecule has 3 aromatic rings. The number of benzene rings is 1. The molecule has 2 aromatic heterocycles. The van der Waals surface area contributed by atoms with Gasteiger partial charge in [-0.25, -0.2) is 0 Å². The summed E-state index contributed by atoms with van der Waals surface area (Å²) in [6, 6.07) is 9.82. The third kappa shape index (κ3) is 4.24. The first-order valence-corrected chi connectivity index (χ1v) is 11.2. The number of carbonyl (C=O) groups excluding carboxylic acids is 1. The summed E-state index contributed by atoms with van der Waals surface area (Å²) in [6.07, 6.45) is 4.18. The molecule has 0 bridgehead atoms. The van der Waals surface area contributed by atoms with Crippen molar-refractivity contribution < 1.29 is 9.53 Å². The fraction of sp³-hybridized carbons (Fsp3) is 0.370. The number of nitrogens with zero attached hydrogens (tertiary/aromatic N) is 1. The molecule has 3 heterocycles. The van der Waals surface area contributed by atoms with Crippen molar-refractivity contribution in [3.8, 4) is 16.9 Å². The molecular formula is C27H30N2O3. The monoisotopic (exact) mass is 430 g/mol. The number of rotatable bonds is 6. The average Bonchev–Trinajstić information content (AvgIpc) is 3.09. The molecule has 0 fully saturated rings. The number of aromatic amines is 1. The van der Waals surface area contributed by atoms with Crippen molar-refractivity contribution in [2.24, 2.45) is 0 Å². The van der Waals surface area contributed by atoms with E-state index < -0.39 is 0 Å². The van der Waals surface area contributed by atoms with Crippen LogP contribution >= 0.6 is 0 Å². The van der Waals surface area contributed by atoms with Crippen LogP contribution in [-0.2, 0) is 12.8 Å². The van der Waals surface area contributed by atoms with Gasteiger partial charge in [0.15, 0.2) is 5.78 Å². The maximum atomic E-state index is 13.2. The second kappa shape index (κ2) is 8.38. The van der Waals surface area contributed by atoms with Gasteiger partial charge in [-0.15, -0.1) is 0 Å². The van der Waals surface area contributed by atoms with E-state index in [1.54, 1.807) is 0 Å². The Bertz CT molecular complexity index is 1240. The van der Waals surface area contributed by atoms with Gasteiger partial charge in [0.1, 0.15) is 11.4 Å². The van der Waals surface area contributed by atoms with Gasteiger partial charge in [0.2, 0.25) is 0 Å². The first-order chi connectivity index (χ1) is 15.2. The number of nitrogens with one attached hydrogen (secondary N) is 1. The summed E-state index contributed by atoms with van der Waals surface area (Å²) in [7, 11) is 0. The Morgan fingerprint density at radius 3 is 2.62 bits per heavy atom. The number of carbonyl (C=O) groups is 1. The Kier molecular flexibility index (Phi) is 5.76. The standard InChI is InChI=1S/C27H30N2O3/c1-6-27(5)14-21-12-20(13-23(25(21)32-27)19-8-7-17(3)28-15-19)24(30)10-9-22-16(2)11-18(4)29-26(22)31/h7-8,11-13,15H,6,9-10,14H2,1-5H3,(H,29,31). The predicted octanol–water partition coefficient (Wildman–Crippen LogP) is 5.28. The number of aromatic nitrogens is 2. The Balaban J connectivity index is 1.68. The lowest BCUT2D eigenvalue weighted by atomic mass is 9.91. The summed E-state index contributed by atoms with van der Waals surface area (Å²) in [4.78, 5) is 32.8. The summed E-state index contributed by atoms with van der Waals surface area (Å²) in [5, 5.41) is 0. The minimum atomic E-state index is -0.275. The Morgan fingerprint density at radius 1 is 1.19 bits per heavy atom. The van der Waals surface area contributed by atoms with Gasteiger partial charge in [-0.1, -0.05) is 13.0 Å². The topological polar surface area (TPSA) is 72.0 Å². The van der Waals surface area contributed by atoms with Gasteiger partial charge in [-0.2, -0.15) is 0 Å². The number of hydrogen-bond acceptors (Lipinski definition) is 4. The molecule has 1 aromatic carbocycles. The number of Topliss-reactive ketones (excluding diaryl/α,β-unsaturated/α-hetero) is 1. The average molecular weight is 431 g/mol. The van der Waals surface area contributed by atoms with E-state index in [0.717, 1.165) is 52.2 Å². The van der Waals surface area contributed by atoms with Crippen molar-refractivity contribution in [2.45, 2.75) is 65.9 Å². The van der Waals surface area contributed by atoms with Crippen molar-refractivity contribution in [3.05, 3.63) is 80.5 Å². The van der Waals surface area contributed by atoms with E-state index in [1.807, 2.05) is 57.3 Å². The molecule has 1 atom stereocenters. The molecule has 5 nitrogen and oxygen atoms in total. The quantitative estimate of drug-likeness (QED) is 0.540. The molecule has 4 rings (SSSR count). The Hall–Kier alpha value is -3.21. The molecular weight excluding hydrogens is 400 g/mol.